The second-order valence-corrected chi connectivity index (χ2v) is 4.91. The first-order valence-electron chi connectivity index (χ1n) is 5.44. The fourth-order valence-corrected chi connectivity index (χ4v) is 1.57. The second kappa shape index (κ2) is 6.83. The standard InChI is InChI=1S/C11H24N2O3/c1-9(7-16-5)12-10(14)6-13(4)8-11(2,3)15/h9,15H,6-8H2,1-5H3,(H,12,14). The van der Waals surface area contributed by atoms with Crippen LogP contribution in [-0.2, 0) is 9.53 Å². The summed E-state index contributed by atoms with van der Waals surface area (Å²) in [5.41, 5.74) is -0.785. The van der Waals surface area contributed by atoms with Crippen molar-refractivity contribution in [2.75, 3.05) is 33.9 Å². The number of hydrogen-bond donors (Lipinski definition) is 2. The van der Waals surface area contributed by atoms with Gasteiger partial charge in [0, 0.05) is 19.7 Å². The van der Waals surface area contributed by atoms with Gasteiger partial charge in [0.25, 0.3) is 0 Å². The minimum Gasteiger partial charge on any atom is -0.389 e. The Hall–Kier alpha value is -0.650. The molecule has 0 aliphatic carbocycles. The van der Waals surface area contributed by atoms with E-state index >= 15 is 0 Å². The van der Waals surface area contributed by atoms with Gasteiger partial charge < -0.3 is 15.2 Å². The van der Waals surface area contributed by atoms with Crippen LogP contribution < -0.4 is 5.32 Å². The van der Waals surface area contributed by atoms with Gasteiger partial charge in [0.15, 0.2) is 0 Å². The van der Waals surface area contributed by atoms with E-state index in [0.29, 0.717) is 13.2 Å². The molecule has 0 aromatic rings. The van der Waals surface area contributed by atoms with Crippen molar-refractivity contribution >= 4 is 5.91 Å². The summed E-state index contributed by atoms with van der Waals surface area (Å²) in [6, 6.07) is 0.00744. The molecular weight excluding hydrogens is 208 g/mol. The third-order valence-electron chi connectivity index (χ3n) is 1.89. The van der Waals surface area contributed by atoms with Crippen molar-refractivity contribution in [3.05, 3.63) is 0 Å². The maximum absolute atomic E-state index is 11.5. The maximum atomic E-state index is 11.5. The lowest BCUT2D eigenvalue weighted by Crippen LogP contribution is -2.45. The zero-order chi connectivity index (χ0) is 12.8. The number of nitrogens with one attached hydrogen (secondary N) is 1. The SMILES string of the molecule is COCC(C)NC(=O)CN(C)CC(C)(C)O. The molecule has 0 bridgehead atoms. The predicted molar refractivity (Wildman–Crippen MR) is 63.3 cm³/mol. The summed E-state index contributed by atoms with van der Waals surface area (Å²) in [7, 11) is 3.40. The quantitative estimate of drug-likeness (QED) is 0.640. The van der Waals surface area contributed by atoms with Crippen LogP contribution in [0.4, 0.5) is 0 Å². The smallest absolute Gasteiger partial charge is 0.234 e. The highest BCUT2D eigenvalue weighted by Crippen LogP contribution is 2.02. The van der Waals surface area contributed by atoms with E-state index in [4.69, 9.17) is 4.74 Å². The largest absolute Gasteiger partial charge is 0.389 e. The number of ether oxygens (including phenoxy) is 1. The van der Waals surface area contributed by atoms with Crippen LogP contribution in [0.15, 0.2) is 0 Å². The molecule has 16 heavy (non-hydrogen) atoms. The molecule has 0 aromatic heterocycles. The summed E-state index contributed by atoms with van der Waals surface area (Å²) in [4.78, 5) is 13.3. The number of nitrogens with zero attached hydrogens (tertiary/aromatic N) is 1. The number of likely N-dealkylation sites (N-methyl/N-ethyl adjacent to an activating group) is 1. The third kappa shape index (κ3) is 8.64. The minimum absolute atomic E-state index is 0.00744. The molecule has 96 valence electrons. The molecule has 5 nitrogen and oxygen atoms in total. The number of amides is 1. The molecule has 1 amide bonds. The van der Waals surface area contributed by atoms with Crippen LogP contribution in [0.1, 0.15) is 20.8 Å². The topological polar surface area (TPSA) is 61.8 Å². The van der Waals surface area contributed by atoms with Gasteiger partial charge in [-0.05, 0) is 27.8 Å². The van der Waals surface area contributed by atoms with Gasteiger partial charge in [0.2, 0.25) is 5.91 Å². The summed E-state index contributed by atoms with van der Waals surface area (Å²) in [5, 5.41) is 12.4. The first-order valence-corrected chi connectivity index (χ1v) is 5.44. The molecule has 0 saturated heterocycles. The zero-order valence-corrected chi connectivity index (χ0v) is 10.9. The van der Waals surface area contributed by atoms with E-state index in [1.54, 1.807) is 32.9 Å². The van der Waals surface area contributed by atoms with Crippen molar-refractivity contribution in [1.29, 1.82) is 0 Å². The van der Waals surface area contributed by atoms with Crippen LogP contribution in [-0.4, -0.2) is 61.4 Å². The number of methoxy groups -OCH3 is 1. The summed E-state index contributed by atoms with van der Waals surface area (Å²) in [5.74, 6) is -0.0590. The highest BCUT2D eigenvalue weighted by Gasteiger charge is 2.17. The Kier molecular flexibility index (Phi) is 6.55. The molecule has 0 aliphatic rings. The molecule has 0 spiro atoms. The molecule has 0 aromatic carbocycles. The van der Waals surface area contributed by atoms with Crippen LogP contribution in [0, 0.1) is 0 Å². The summed E-state index contributed by atoms with van der Waals surface area (Å²) < 4.78 is 4.92. The van der Waals surface area contributed by atoms with Gasteiger partial charge in [-0.25, -0.2) is 0 Å². The van der Waals surface area contributed by atoms with Crippen molar-refractivity contribution in [2.24, 2.45) is 0 Å². The number of rotatable bonds is 7. The zero-order valence-electron chi connectivity index (χ0n) is 10.9. The van der Waals surface area contributed by atoms with Gasteiger partial charge in [0.1, 0.15) is 0 Å². The number of hydrogen-bond acceptors (Lipinski definition) is 4. The maximum Gasteiger partial charge on any atom is 0.234 e. The van der Waals surface area contributed by atoms with E-state index < -0.39 is 5.60 Å². The Morgan fingerprint density at radius 1 is 1.56 bits per heavy atom. The lowest BCUT2D eigenvalue weighted by atomic mass is 10.1. The number of carbonyl (C=O) groups is 1. The van der Waals surface area contributed by atoms with E-state index in [0.717, 1.165) is 0 Å². The van der Waals surface area contributed by atoms with Crippen LogP contribution >= 0.6 is 0 Å². The van der Waals surface area contributed by atoms with Gasteiger partial charge in [0.05, 0.1) is 18.8 Å². The molecule has 1 atom stereocenters. The minimum atomic E-state index is -0.785. The molecule has 5 heteroatoms. The van der Waals surface area contributed by atoms with Crippen molar-refractivity contribution in [3.8, 4) is 0 Å². The Bertz CT molecular complexity index is 214. The summed E-state index contributed by atoms with van der Waals surface area (Å²) >= 11 is 0. The number of aliphatic hydroxyl groups is 1. The van der Waals surface area contributed by atoms with Crippen molar-refractivity contribution in [1.82, 2.24) is 10.2 Å². The first-order chi connectivity index (χ1) is 7.24. The molecule has 0 saturated carbocycles. The predicted octanol–water partition coefficient (Wildman–Crippen LogP) is -0.160. The summed E-state index contributed by atoms with van der Waals surface area (Å²) in [6.07, 6.45) is 0. The summed E-state index contributed by atoms with van der Waals surface area (Å²) in [6.45, 7) is 6.55. The monoisotopic (exact) mass is 232 g/mol. The molecule has 0 fully saturated rings. The Labute approximate surface area is 97.8 Å². The van der Waals surface area contributed by atoms with Crippen LogP contribution in [0.3, 0.4) is 0 Å². The van der Waals surface area contributed by atoms with E-state index in [1.807, 2.05) is 6.92 Å². The van der Waals surface area contributed by atoms with Crippen molar-refractivity contribution < 1.29 is 14.6 Å². The van der Waals surface area contributed by atoms with Crippen LogP contribution in [0.25, 0.3) is 0 Å². The molecule has 0 aliphatic heterocycles. The second-order valence-electron chi connectivity index (χ2n) is 4.91. The number of carbonyl (C=O) groups excluding carboxylic acids is 1. The van der Waals surface area contributed by atoms with Gasteiger partial charge >= 0.3 is 0 Å². The van der Waals surface area contributed by atoms with Crippen molar-refractivity contribution in [2.45, 2.75) is 32.4 Å². The average molecular weight is 232 g/mol. The molecule has 2 N–H and O–H groups in total. The van der Waals surface area contributed by atoms with Gasteiger partial charge in [-0.3, -0.25) is 9.69 Å². The molecular formula is C11H24N2O3. The highest BCUT2D eigenvalue weighted by molar-refractivity contribution is 5.78. The van der Waals surface area contributed by atoms with Crippen molar-refractivity contribution in [3.63, 3.8) is 0 Å². The molecule has 1 unspecified atom stereocenters. The Balaban J connectivity index is 3.87. The first kappa shape index (κ1) is 15.3. The van der Waals surface area contributed by atoms with E-state index in [-0.39, 0.29) is 18.5 Å². The highest BCUT2D eigenvalue weighted by atomic mass is 16.5. The van der Waals surface area contributed by atoms with Crippen LogP contribution in [0.2, 0.25) is 0 Å². The van der Waals surface area contributed by atoms with E-state index in [2.05, 4.69) is 5.32 Å². The van der Waals surface area contributed by atoms with Crippen LogP contribution in [0.5, 0.6) is 0 Å². The van der Waals surface area contributed by atoms with E-state index in [9.17, 15) is 9.90 Å². The van der Waals surface area contributed by atoms with E-state index in [1.165, 1.54) is 0 Å². The lowest BCUT2D eigenvalue weighted by molar-refractivity contribution is -0.123. The molecule has 0 rings (SSSR count). The third-order valence-corrected chi connectivity index (χ3v) is 1.89. The molecule has 0 radical (unpaired) electrons. The van der Waals surface area contributed by atoms with Gasteiger partial charge in [-0.2, -0.15) is 0 Å². The fraction of sp³-hybridized carbons (Fsp3) is 0.909. The fourth-order valence-electron chi connectivity index (χ4n) is 1.57. The average Bonchev–Trinajstić information content (AvgIpc) is 1.98. The Morgan fingerprint density at radius 3 is 2.56 bits per heavy atom. The molecule has 0 heterocycles. The van der Waals surface area contributed by atoms with Gasteiger partial charge in [-0.15, -0.1) is 0 Å². The lowest BCUT2D eigenvalue weighted by Gasteiger charge is -2.25. The Morgan fingerprint density at radius 2 is 2.12 bits per heavy atom. The normalized spacial score (nSPS) is 13.9. The van der Waals surface area contributed by atoms with Gasteiger partial charge in [-0.1, -0.05) is 0 Å².